The lowest BCUT2D eigenvalue weighted by atomic mass is 9.91. The molecule has 3 N–H and O–H groups in total. The first-order valence-electron chi connectivity index (χ1n) is 10.4. The van der Waals surface area contributed by atoms with Gasteiger partial charge in [-0.2, -0.15) is 0 Å². The zero-order chi connectivity index (χ0) is 21.2. The van der Waals surface area contributed by atoms with Gasteiger partial charge in [0, 0.05) is 12.5 Å². The minimum Gasteiger partial charge on any atom is -0.456 e. The molecule has 2 bridgehead atoms. The fourth-order valence-corrected chi connectivity index (χ4v) is 3.75. The van der Waals surface area contributed by atoms with Crippen molar-refractivity contribution in [2.75, 3.05) is 6.61 Å². The Labute approximate surface area is 173 Å². The smallest absolute Gasteiger partial charge is 0.330 e. The quantitative estimate of drug-likeness (QED) is 0.482. The Bertz CT molecular complexity index is 623. The van der Waals surface area contributed by atoms with Crippen molar-refractivity contribution in [2.45, 2.75) is 76.0 Å². The van der Waals surface area contributed by atoms with E-state index in [9.17, 15) is 20.1 Å². The highest BCUT2D eigenvalue weighted by Crippen LogP contribution is 2.25. The average Bonchev–Trinajstić information content (AvgIpc) is 2.65. The normalized spacial score (nSPS) is 35.8. The molecule has 29 heavy (non-hydrogen) atoms. The Hall–Kier alpha value is -1.73. The molecule has 6 nitrogen and oxygen atoms in total. The van der Waals surface area contributed by atoms with Crippen molar-refractivity contribution in [3.8, 4) is 0 Å². The SMILES string of the molecule is C=C1C[C@H](C)C[C@@H]2CC=C[C@@H](C/C=C\C(=O)O[C@H]([C@@H](O)CO)C/C=C/[C@@H](O)C1)O2. The number of aliphatic hydroxyl groups is 3. The molecule has 0 aromatic rings. The fourth-order valence-electron chi connectivity index (χ4n) is 3.75. The van der Waals surface area contributed by atoms with Crippen LogP contribution in [0, 0.1) is 5.92 Å². The van der Waals surface area contributed by atoms with E-state index in [2.05, 4.69) is 19.6 Å². The van der Waals surface area contributed by atoms with Crippen LogP contribution in [0.4, 0.5) is 0 Å². The van der Waals surface area contributed by atoms with E-state index in [4.69, 9.17) is 9.47 Å². The van der Waals surface area contributed by atoms with Crippen LogP contribution in [0.15, 0.2) is 48.6 Å². The lowest BCUT2D eigenvalue weighted by molar-refractivity contribution is -0.150. The predicted octanol–water partition coefficient (Wildman–Crippen LogP) is 2.59. The van der Waals surface area contributed by atoms with Crippen LogP contribution in [0.25, 0.3) is 0 Å². The molecule has 0 unspecified atom stereocenters. The molecule has 0 aromatic carbocycles. The molecule has 2 heterocycles. The number of hydrogen-bond acceptors (Lipinski definition) is 6. The Morgan fingerprint density at radius 2 is 1.93 bits per heavy atom. The Balaban J connectivity index is 2.11. The van der Waals surface area contributed by atoms with E-state index >= 15 is 0 Å². The highest BCUT2D eigenvalue weighted by molar-refractivity contribution is 5.82. The third-order valence-electron chi connectivity index (χ3n) is 5.15. The van der Waals surface area contributed by atoms with Gasteiger partial charge in [-0.05, 0) is 38.0 Å². The molecule has 0 aliphatic carbocycles. The fraction of sp³-hybridized carbons (Fsp3) is 0.609. The van der Waals surface area contributed by atoms with E-state index in [1.54, 1.807) is 18.2 Å². The first-order chi connectivity index (χ1) is 13.9. The van der Waals surface area contributed by atoms with Crippen molar-refractivity contribution in [1.29, 1.82) is 0 Å². The molecule has 0 radical (unpaired) electrons. The standard InChI is InChI=1S/C23H34O6/c1-16-12-17(2)14-20-9-4-7-19(28-20)8-5-11-23(27)29-22(21(26)15-24)10-3-6-18(25)13-16/h3-7,11,17-22,24-26H,1,8-10,12-15H2,2H3/b6-3+,11-5-/t17-,18+,19-,20-,21-,22-/m0/s1. The summed E-state index contributed by atoms with van der Waals surface area (Å²) in [5, 5.41) is 29.4. The molecule has 0 saturated carbocycles. The Morgan fingerprint density at radius 1 is 1.17 bits per heavy atom. The number of hydrogen-bond donors (Lipinski definition) is 3. The summed E-state index contributed by atoms with van der Waals surface area (Å²) in [6.07, 6.45) is 11.5. The lowest BCUT2D eigenvalue weighted by Gasteiger charge is -2.28. The van der Waals surface area contributed by atoms with Crippen molar-refractivity contribution in [3.63, 3.8) is 0 Å². The van der Waals surface area contributed by atoms with Crippen molar-refractivity contribution in [3.05, 3.63) is 48.6 Å². The second-order valence-electron chi connectivity index (χ2n) is 8.05. The zero-order valence-corrected chi connectivity index (χ0v) is 17.2. The summed E-state index contributed by atoms with van der Waals surface area (Å²) in [4.78, 5) is 12.1. The molecule has 162 valence electrons. The third kappa shape index (κ3) is 8.66. The van der Waals surface area contributed by atoms with E-state index in [1.807, 2.05) is 6.08 Å². The van der Waals surface area contributed by atoms with Crippen LogP contribution in [0.1, 0.15) is 45.4 Å². The third-order valence-corrected chi connectivity index (χ3v) is 5.15. The van der Waals surface area contributed by atoms with E-state index in [1.165, 1.54) is 6.08 Å². The number of ether oxygens (including phenoxy) is 2. The first kappa shape index (κ1) is 23.5. The summed E-state index contributed by atoms with van der Waals surface area (Å²) >= 11 is 0. The minimum absolute atomic E-state index is 0.0873. The minimum atomic E-state index is -1.19. The maximum absolute atomic E-state index is 12.1. The summed E-state index contributed by atoms with van der Waals surface area (Å²) in [5.74, 6) is -0.194. The molecule has 6 atom stereocenters. The van der Waals surface area contributed by atoms with Crippen LogP contribution >= 0.6 is 0 Å². The van der Waals surface area contributed by atoms with Gasteiger partial charge in [0.1, 0.15) is 12.2 Å². The molecule has 2 aliphatic rings. The van der Waals surface area contributed by atoms with Crippen molar-refractivity contribution in [1.82, 2.24) is 0 Å². The van der Waals surface area contributed by atoms with Crippen LogP contribution in [0.5, 0.6) is 0 Å². The maximum Gasteiger partial charge on any atom is 0.330 e. The second kappa shape index (κ2) is 12.1. The number of rotatable bonds is 2. The van der Waals surface area contributed by atoms with Gasteiger partial charge in [-0.3, -0.25) is 0 Å². The molecule has 6 heteroatoms. The van der Waals surface area contributed by atoms with Gasteiger partial charge >= 0.3 is 5.97 Å². The Morgan fingerprint density at radius 3 is 2.69 bits per heavy atom. The first-order valence-corrected chi connectivity index (χ1v) is 10.4. The number of carbonyl (C=O) groups excluding carboxylic acids is 1. The number of carbonyl (C=O) groups is 1. The van der Waals surface area contributed by atoms with Crippen LogP contribution < -0.4 is 0 Å². The van der Waals surface area contributed by atoms with Crippen molar-refractivity contribution in [2.24, 2.45) is 5.92 Å². The van der Waals surface area contributed by atoms with E-state index < -0.39 is 30.9 Å². The van der Waals surface area contributed by atoms with Crippen LogP contribution in [0.2, 0.25) is 0 Å². The molecule has 0 spiro atoms. The molecular formula is C23H34O6. The molecule has 2 aliphatic heterocycles. The van der Waals surface area contributed by atoms with Gasteiger partial charge in [0.05, 0.1) is 24.9 Å². The van der Waals surface area contributed by atoms with E-state index in [0.29, 0.717) is 18.8 Å². The van der Waals surface area contributed by atoms with Gasteiger partial charge in [-0.1, -0.05) is 49.5 Å². The molecule has 0 amide bonds. The van der Waals surface area contributed by atoms with Gasteiger partial charge in [0.25, 0.3) is 0 Å². The van der Waals surface area contributed by atoms with E-state index in [-0.39, 0.29) is 18.6 Å². The maximum atomic E-state index is 12.1. The predicted molar refractivity (Wildman–Crippen MR) is 111 cm³/mol. The van der Waals surface area contributed by atoms with Gasteiger partial charge in [0.15, 0.2) is 0 Å². The highest BCUT2D eigenvalue weighted by atomic mass is 16.6. The summed E-state index contributed by atoms with van der Waals surface area (Å²) < 4.78 is 11.4. The second-order valence-corrected chi connectivity index (χ2v) is 8.05. The topological polar surface area (TPSA) is 96.2 Å². The summed E-state index contributed by atoms with van der Waals surface area (Å²) in [6.45, 7) is 5.74. The summed E-state index contributed by atoms with van der Waals surface area (Å²) in [5.41, 5.74) is 0.972. The van der Waals surface area contributed by atoms with Crippen LogP contribution in [0.3, 0.4) is 0 Å². The van der Waals surface area contributed by atoms with Crippen LogP contribution in [-0.4, -0.2) is 58.4 Å². The highest BCUT2D eigenvalue weighted by Gasteiger charge is 2.22. The van der Waals surface area contributed by atoms with Crippen molar-refractivity contribution >= 4 is 5.97 Å². The zero-order valence-electron chi connectivity index (χ0n) is 17.2. The van der Waals surface area contributed by atoms with Gasteiger partial charge in [-0.15, -0.1) is 0 Å². The van der Waals surface area contributed by atoms with Crippen molar-refractivity contribution < 1.29 is 29.6 Å². The number of aliphatic hydroxyl groups excluding tert-OH is 3. The molecule has 0 fully saturated rings. The van der Waals surface area contributed by atoms with Crippen LogP contribution in [-0.2, 0) is 14.3 Å². The average molecular weight is 407 g/mol. The monoisotopic (exact) mass is 406 g/mol. The van der Waals surface area contributed by atoms with Gasteiger partial charge in [-0.25, -0.2) is 4.79 Å². The summed E-state index contributed by atoms with van der Waals surface area (Å²) in [6, 6.07) is 0. The van der Waals surface area contributed by atoms with Gasteiger partial charge in [0.2, 0.25) is 0 Å². The molecular weight excluding hydrogens is 372 g/mol. The molecule has 0 aromatic heterocycles. The largest absolute Gasteiger partial charge is 0.456 e. The van der Waals surface area contributed by atoms with Gasteiger partial charge < -0.3 is 24.8 Å². The van der Waals surface area contributed by atoms with E-state index in [0.717, 1.165) is 24.8 Å². The number of cyclic esters (lactones) is 1. The summed E-state index contributed by atoms with van der Waals surface area (Å²) in [7, 11) is 0. The number of fused-ring (bicyclic) bond motifs is 2. The molecule has 2 rings (SSSR count). The lowest BCUT2D eigenvalue weighted by Crippen LogP contribution is -2.33. The Kier molecular flexibility index (Phi) is 9.81. The molecule has 0 saturated heterocycles. The number of esters is 1.